The molecule has 3 rings (SSSR count). The van der Waals surface area contributed by atoms with Crippen molar-refractivity contribution in [3.8, 4) is 6.07 Å². The fourth-order valence-corrected chi connectivity index (χ4v) is 3.25. The zero-order valence-electron chi connectivity index (χ0n) is 14.6. The zero-order chi connectivity index (χ0) is 18.5. The smallest absolute Gasteiger partial charge is 0.266 e. The predicted octanol–water partition coefficient (Wildman–Crippen LogP) is 4.79. The van der Waals surface area contributed by atoms with Crippen molar-refractivity contribution >= 4 is 35.0 Å². The third kappa shape index (κ3) is 4.25. The molecule has 2 aromatic rings. The summed E-state index contributed by atoms with van der Waals surface area (Å²) in [5, 5.41) is 12.6. The number of halogens is 1. The minimum absolute atomic E-state index is 0.0574. The van der Waals surface area contributed by atoms with Gasteiger partial charge in [0, 0.05) is 29.5 Å². The Balaban J connectivity index is 1.79. The van der Waals surface area contributed by atoms with Gasteiger partial charge < -0.3 is 10.2 Å². The SMILES string of the molecule is Cc1cc(N2CCCC2)ccc1/C=C(/C#N)C(=O)Nc1cccc(Cl)c1. The van der Waals surface area contributed by atoms with Gasteiger partial charge in [0.05, 0.1) is 0 Å². The molecule has 26 heavy (non-hydrogen) atoms. The van der Waals surface area contributed by atoms with Crippen molar-refractivity contribution in [1.29, 1.82) is 5.26 Å². The topological polar surface area (TPSA) is 56.1 Å². The van der Waals surface area contributed by atoms with Crippen molar-refractivity contribution in [2.75, 3.05) is 23.3 Å². The molecule has 1 amide bonds. The van der Waals surface area contributed by atoms with Gasteiger partial charge in [-0.3, -0.25) is 4.79 Å². The molecule has 0 atom stereocenters. The van der Waals surface area contributed by atoms with Crippen molar-refractivity contribution in [3.05, 3.63) is 64.2 Å². The number of hydrogen-bond acceptors (Lipinski definition) is 3. The van der Waals surface area contributed by atoms with Crippen LogP contribution >= 0.6 is 11.6 Å². The molecule has 0 saturated carbocycles. The Morgan fingerprint density at radius 2 is 2.00 bits per heavy atom. The molecule has 132 valence electrons. The summed E-state index contributed by atoms with van der Waals surface area (Å²) in [6.07, 6.45) is 4.08. The van der Waals surface area contributed by atoms with Crippen molar-refractivity contribution in [2.45, 2.75) is 19.8 Å². The number of hydrogen-bond donors (Lipinski definition) is 1. The third-order valence-electron chi connectivity index (χ3n) is 4.47. The first kappa shape index (κ1) is 18.0. The first-order valence-corrected chi connectivity index (χ1v) is 8.99. The lowest BCUT2D eigenvalue weighted by atomic mass is 10.0. The van der Waals surface area contributed by atoms with Crippen LogP contribution in [0, 0.1) is 18.3 Å². The van der Waals surface area contributed by atoms with Gasteiger partial charge in [-0.2, -0.15) is 5.26 Å². The van der Waals surface area contributed by atoms with Gasteiger partial charge in [-0.15, -0.1) is 0 Å². The van der Waals surface area contributed by atoms with E-state index in [0.717, 1.165) is 24.2 Å². The first-order chi connectivity index (χ1) is 12.6. The Morgan fingerprint density at radius 1 is 1.23 bits per heavy atom. The molecular weight excluding hydrogens is 346 g/mol. The summed E-state index contributed by atoms with van der Waals surface area (Å²) in [5.74, 6) is -0.446. The molecule has 0 radical (unpaired) electrons. The number of nitriles is 1. The normalized spacial score (nSPS) is 14.2. The van der Waals surface area contributed by atoms with Crippen LogP contribution in [0.3, 0.4) is 0 Å². The Hall–Kier alpha value is -2.77. The maximum atomic E-state index is 12.4. The summed E-state index contributed by atoms with van der Waals surface area (Å²) in [7, 11) is 0. The van der Waals surface area contributed by atoms with Crippen LogP contribution in [0.25, 0.3) is 6.08 Å². The number of nitrogens with one attached hydrogen (secondary N) is 1. The van der Waals surface area contributed by atoms with Crippen molar-refractivity contribution in [3.63, 3.8) is 0 Å². The number of rotatable bonds is 4. The summed E-state index contributed by atoms with van der Waals surface area (Å²) in [4.78, 5) is 14.8. The van der Waals surface area contributed by atoms with Crippen LogP contribution in [0.4, 0.5) is 11.4 Å². The number of anilines is 2. The number of amides is 1. The first-order valence-electron chi connectivity index (χ1n) is 8.61. The van der Waals surface area contributed by atoms with Gasteiger partial charge in [0.25, 0.3) is 5.91 Å². The van der Waals surface area contributed by atoms with Gasteiger partial charge in [-0.05, 0) is 67.3 Å². The van der Waals surface area contributed by atoms with Crippen LogP contribution < -0.4 is 10.2 Å². The maximum Gasteiger partial charge on any atom is 0.266 e. The highest BCUT2D eigenvalue weighted by Crippen LogP contribution is 2.24. The number of carbonyl (C=O) groups is 1. The summed E-state index contributed by atoms with van der Waals surface area (Å²) < 4.78 is 0. The summed E-state index contributed by atoms with van der Waals surface area (Å²) in [6, 6.07) is 15.0. The highest BCUT2D eigenvalue weighted by molar-refractivity contribution is 6.31. The number of carbonyl (C=O) groups excluding carboxylic acids is 1. The van der Waals surface area contributed by atoms with Crippen LogP contribution in [0.1, 0.15) is 24.0 Å². The monoisotopic (exact) mass is 365 g/mol. The maximum absolute atomic E-state index is 12.4. The average Bonchev–Trinajstić information content (AvgIpc) is 3.15. The van der Waals surface area contributed by atoms with Gasteiger partial charge in [0.1, 0.15) is 11.6 Å². The lowest BCUT2D eigenvalue weighted by Crippen LogP contribution is -2.17. The number of aryl methyl sites for hydroxylation is 1. The molecule has 1 fully saturated rings. The molecule has 0 spiro atoms. The number of benzene rings is 2. The second-order valence-electron chi connectivity index (χ2n) is 6.37. The van der Waals surface area contributed by atoms with Crippen LogP contribution in [0.15, 0.2) is 48.0 Å². The fraction of sp³-hybridized carbons (Fsp3) is 0.238. The Bertz CT molecular complexity index is 892. The van der Waals surface area contributed by atoms with E-state index in [9.17, 15) is 10.1 Å². The van der Waals surface area contributed by atoms with E-state index in [1.807, 2.05) is 25.1 Å². The Morgan fingerprint density at radius 3 is 2.65 bits per heavy atom. The van der Waals surface area contributed by atoms with E-state index in [4.69, 9.17) is 11.6 Å². The molecule has 2 aromatic carbocycles. The molecule has 0 unspecified atom stereocenters. The van der Waals surface area contributed by atoms with Crippen molar-refractivity contribution in [1.82, 2.24) is 0 Å². The second kappa shape index (κ2) is 8.07. The molecule has 1 saturated heterocycles. The highest BCUT2D eigenvalue weighted by atomic mass is 35.5. The lowest BCUT2D eigenvalue weighted by molar-refractivity contribution is -0.112. The van der Waals surface area contributed by atoms with Crippen LogP contribution in [0.2, 0.25) is 5.02 Å². The molecule has 0 bridgehead atoms. The average molecular weight is 366 g/mol. The Labute approximate surface area is 158 Å². The zero-order valence-corrected chi connectivity index (χ0v) is 15.4. The molecule has 1 N–H and O–H groups in total. The molecule has 0 aliphatic carbocycles. The third-order valence-corrected chi connectivity index (χ3v) is 4.71. The molecule has 0 aromatic heterocycles. The second-order valence-corrected chi connectivity index (χ2v) is 6.81. The van der Waals surface area contributed by atoms with E-state index >= 15 is 0 Å². The Kier molecular flexibility index (Phi) is 5.60. The van der Waals surface area contributed by atoms with E-state index in [0.29, 0.717) is 10.7 Å². The van der Waals surface area contributed by atoms with E-state index < -0.39 is 5.91 Å². The molecule has 1 heterocycles. The molecule has 1 aliphatic rings. The van der Waals surface area contributed by atoms with E-state index in [1.165, 1.54) is 18.5 Å². The van der Waals surface area contributed by atoms with Gasteiger partial charge in [-0.1, -0.05) is 23.7 Å². The molecule has 1 aliphatic heterocycles. The van der Waals surface area contributed by atoms with Gasteiger partial charge >= 0.3 is 0 Å². The van der Waals surface area contributed by atoms with E-state index in [2.05, 4.69) is 16.3 Å². The molecule has 5 heteroatoms. The quantitative estimate of drug-likeness (QED) is 0.625. The fourth-order valence-electron chi connectivity index (χ4n) is 3.06. The van der Waals surface area contributed by atoms with Crippen molar-refractivity contribution in [2.24, 2.45) is 0 Å². The van der Waals surface area contributed by atoms with E-state index in [1.54, 1.807) is 30.3 Å². The lowest BCUT2D eigenvalue weighted by Gasteiger charge is -2.18. The van der Waals surface area contributed by atoms with Gasteiger partial charge in [0.2, 0.25) is 0 Å². The largest absolute Gasteiger partial charge is 0.372 e. The minimum atomic E-state index is -0.446. The van der Waals surface area contributed by atoms with Gasteiger partial charge in [-0.25, -0.2) is 0 Å². The molecule has 4 nitrogen and oxygen atoms in total. The van der Waals surface area contributed by atoms with Gasteiger partial charge in [0.15, 0.2) is 0 Å². The minimum Gasteiger partial charge on any atom is -0.372 e. The van der Waals surface area contributed by atoms with Crippen LogP contribution in [-0.2, 0) is 4.79 Å². The summed E-state index contributed by atoms with van der Waals surface area (Å²) >= 11 is 5.93. The number of nitrogens with zero attached hydrogens (tertiary/aromatic N) is 2. The van der Waals surface area contributed by atoms with Crippen LogP contribution in [0.5, 0.6) is 0 Å². The molecular formula is C21H20ClN3O. The van der Waals surface area contributed by atoms with E-state index in [-0.39, 0.29) is 5.57 Å². The summed E-state index contributed by atoms with van der Waals surface area (Å²) in [6.45, 7) is 4.16. The van der Waals surface area contributed by atoms with Crippen LogP contribution in [-0.4, -0.2) is 19.0 Å². The predicted molar refractivity (Wildman–Crippen MR) is 106 cm³/mol. The van der Waals surface area contributed by atoms with Crippen molar-refractivity contribution < 1.29 is 4.79 Å². The standard InChI is InChI=1S/C21H20ClN3O/c1-15-11-20(25-9-2-3-10-25)8-7-16(15)12-17(14-23)21(26)24-19-6-4-5-18(22)13-19/h4-8,11-13H,2-3,9-10H2,1H3,(H,24,26)/b17-12-. The summed E-state index contributed by atoms with van der Waals surface area (Å²) in [5.41, 5.74) is 3.72. The highest BCUT2D eigenvalue weighted by Gasteiger charge is 2.14.